The van der Waals surface area contributed by atoms with Crippen molar-refractivity contribution in [2.75, 3.05) is 13.1 Å². The molecule has 1 aromatic carbocycles. The van der Waals surface area contributed by atoms with E-state index in [-0.39, 0.29) is 11.9 Å². The molecule has 27 heavy (non-hydrogen) atoms. The third-order valence-corrected chi connectivity index (χ3v) is 5.10. The summed E-state index contributed by atoms with van der Waals surface area (Å²) < 4.78 is 7.48. The van der Waals surface area contributed by atoms with Crippen molar-refractivity contribution in [2.24, 2.45) is 5.92 Å². The highest BCUT2D eigenvalue weighted by Gasteiger charge is 2.26. The van der Waals surface area contributed by atoms with Gasteiger partial charge in [-0.15, -0.1) is 0 Å². The maximum absolute atomic E-state index is 13.1. The van der Waals surface area contributed by atoms with Gasteiger partial charge in [0, 0.05) is 18.8 Å². The average molecular weight is 364 g/mol. The molecule has 0 radical (unpaired) electrons. The molecule has 6 nitrogen and oxygen atoms in total. The summed E-state index contributed by atoms with van der Waals surface area (Å²) in [6, 6.07) is 13.6. The van der Waals surface area contributed by atoms with E-state index in [1.54, 1.807) is 10.9 Å². The number of nitrogens with zero attached hydrogens (tertiary/aromatic N) is 2. The Morgan fingerprint density at radius 3 is 2.78 bits per heavy atom. The van der Waals surface area contributed by atoms with Gasteiger partial charge in [0.25, 0.3) is 5.91 Å². The lowest BCUT2D eigenvalue weighted by molar-refractivity contribution is 0.0915. The molecule has 0 spiro atoms. The van der Waals surface area contributed by atoms with Crippen molar-refractivity contribution in [3.05, 3.63) is 60.0 Å². The van der Waals surface area contributed by atoms with Crippen LogP contribution in [0.1, 0.15) is 29.5 Å². The molecule has 2 unspecified atom stereocenters. The molecule has 6 heteroatoms. The van der Waals surface area contributed by atoms with Crippen LogP contribution in [0.3, 0.4) is 0 Å². The summed E-state index contributed by atoms with van der Waals surface area (Å²) in [6.45, 7) is 5.84. The minimum Gasteiger partial charge on any atom is -0.460 e. The van der Waals surface area contributed by atoms with Crippen molar-refractivity contribution in [1.82, 2.24) is 20.4 Å². The minimum atomic E-state index is -0.123. The van der Waals surface area contributed by atoms with Crippen LogP contribution in [0.5, 0.6) is 0 Å². The number of hydrogen-bond donors (Lipinski definition) is 2. The van der Waals surface area contributed by atoms with Gasteiger partial charge in [-0.1, -0.05) is 25.1 Å². The first-order valence-corrected chi connectivity index (χ1v) is 9.35. The Morgan fingerprint density at radius 2 is 2.07 bits per heavy atom. The number of nitrogens with one attached hydrogen (secondary N) is 2. The lowest BCUT2D eigenvalue weighted by Gasteiger charge is -2.30. The lowest BCUT2D eigenvalue weighted by Crippen LogP contribution is -2.50. The predicted octanol–water partition coefficient (Wildman–Crippen LogP) is 3.17. The third-order valence-electron chi connectivity index (χ3n) is 5.10. The van der Waals surface area contributed by atoms with E-state index in [4.69, 9.17) is 4.42 Å². The zero-order chi connectivity index (χ0) is 18.8. The number of piperidine rings is 1. The summed E-state index contributed by atoms with van der Waals surface area (Å²) >= 11 is 0. The van der Waals surface area contributed by atoms with E-state index in [0.717, 1.165) is 31.0 Å². The molecule has 1 aliphatic rings. The molecular formula is C21H24N4O2. The van der Waals surface area contributed by atoms with Crippen molar-refractivity contribution >= 4 is 5.91 Å². The Balaban J connectivity index is 1.69. The number of rotatable bonds is 4. The molecule has 3 heterocycles. The molecule has 140 valence electrons. The smallest absolute Gasteiger partial charge is 0.255 e. The second-order valence-electron chi connectivity index (χ2n) is 7.13. The predicted molar refractivity (Wildman–Crippen MR) is 104 cm³/mol. The number of benzene rings is 1. The molecule has 2 atom stereocenters. The molecule has 3 aromatic rings. The number of aryl methyl sites for hydroxylation is 1. The SMILES string of the molecule is Cc1ccc(-c2nn(-c3ccccc3)cc2C(=O)NC2CNCCC2C)o1. The number of para-hydroxylation sites is 1. The number of aromatic nitrogens is 2. The van der Waals surface area contributed by atoms with Crippen molar-refractivity contribution in [2.45, 2.75) is 26.3 Å². The third kappa shape index (κ3) is 3.66. The molecular weight excluding hydrogens is 340 g/mol. The van der Waals surface area contributed by atoms with E-state index < -0.39 is 0 Å². The molecule has 1 fully saturated rings. The van der Waals surface area contributed by atoms with Gasteiger partial charge in [0.15, 0.2) is 5.76 Å². The van der Waals surface area contributed by atoms with E-state index in [2.05, 4.69) is 22.7 Å². The maximum Gasteiger partial charge on any atom is 0.255 e. The van der Waals surface area contributed by atoms with Gasteiger partial charge >= 0.3 is 0 Å². The van der Waals surface area contributed by atoms with Gasteiger partial charge < -0.3 is 15.1 Å². The molecule has 1 aliphatic heterocycles. The van der Waals surface area contributed by atoms with Crippen molar-refractivity contribution in [1.29, 1.82) is 0 Å². The lowest BCUT2D eigenvalue weighted by atomic mass is 9.94. The second-order valence-corrected chi connectivity index (χ2v) is 7.13. The summed E-state index contributed by atoms with van der Waals surface area (Å²) in [4.78, 5) is 13.1. The first-order chi connectivity index (χ1) is 13.1. The average Bonchev–Trinajstić information content (AvgIpc) is 3.31. The molecule has 4 rings (SSSR count). The summed E-state index contributed by atoms with van der Waals surface area (Å²) in [5.41, 5.74) is 1.97. The fraction of sp³-hybridized carbons (Fsp3) is 0.333. The van der Waals surface area contributed by atoms with Crippen LogP contribution in [0.25, 0.3) is 17.1 Å². The van der Waals surface area contributed by atoms with Crippen LogP contribution in [0.2, 0.25) is 0 Å². The van der Waals surface area contributed by atoms with Crippen LogP contribution in [0.4, 0.5) is 0 Å². The molecule has 2 N–H and O–H groups in total. The first kappa shape index (κ1) is 17.5. The van der Waals surface area contributed by atoms with Crippen LogP contribution in [-0.4, -0.2) is 34.8 Å². The second kappa shape index (κ2) is 7.40. The van der Waals surface area contributed by atoms with E-state index in [1.807, 2.05) is 49.4 Å². The van der Waals surface area contributed by atoms with Crippen LogP contribution in [-0.2, 0) is 0 Å². The van der Waals surface area contributed by atoms with Gasteiger partial charge in [-0.2, -0.15) is 5.10 Å². The summed E-state index contributed by atoms with van der Waals surface area (Å²) in [6.07, 6.45) is 2.83. The van der Waals surface area contributed by atoms with Crippen LogP contribution < -0.4 is 10.6 Å². The maximum atomic E-state index is 13.1. The number of carbonyl (C=O) groups is 1. The normalized spacial score (nSPS) is 19.8. The van der Waals surface area contributed by atoms with Gasteiger partial charge in [-0.25, -0.2) is 4.68 Å². The highest BCUT2D eigenvalue weighted by atomic mass is 16.3. The topological polar surface area (TPSA) is 72.1 Å². The van der Waals surface area contributed by atoms with Gasteiger partial charge in [-0.3, -0.25) is 4.79 Å². The zero-order valence-corrected chi connectivity index (χ0v) is 15.6. The van der Waals surface area contributed by atoms with Crippen molar-refractivity contribution in [3.63, 3.8) is 0 Å². The van der Waals surface area contributed by atoms with E-state index in [0.29, 0.717) is 22.9 Å². The fourth-order valence-electron chi connectivity index (χ4n) is 3.43. The number of hydrogen-bond acceptors (Lipinski definition) is 4. The largest absolute Gasteiger partial charge is 0.460 e. The van der Waals surface area contributed by atoms with Gasteiger partial charge in [0.1, 0.15) is 11.5 Å². The van der Waals surface area contributed by atoms with E-state index >= 15 is 0 Å². The highest BCUT2D eigenvalue weighted by Crippen LogP contribution is 2.26. The van der Waals surface area contributed by atoms with Crippen LogP contribution >= 0.6 is 0 Å². The minimum absolute atomic E-state index is 0.109. The van der Waals surface area contributed by atoms with Crippen molar-refractivity contribution in [3.8, 4) is 17.1 Å². The molecule has 0 saturated carbocycles. The van der Waals surface area contributed by atoms with Gasteiger partial charge in [0.05, 0.1) is 11.3 Å². The summed E-state index contributed by atoms with van der Waals surface area (Å²) in [5.74, 6) is 1.70. The standard InChI is InChI=1S/C21H24N4O2/c1-14-10-11-22-12-18(14)23-21(26)17-13-25(16-6-4-3-5-7-16)24-20(17)19-9-8-15(2)27-19/h3-9,13-14,18,22H,10-12H2,1-2H3,(H,23,26). The Hall–Kier alpha value is -2.86. The zero-order valence-electron chi connectivity index (χ0n) is 15.6. The highest BCUT2D eigenvalue weighted by molar-refractivity contribution is 5.99. The molecule has 0 bridgehead atoms. The quantitative estimate of drug-likeness (QED) is 0.746. The Labute approximate surface area is 158 Å². The van der Waals surface area contributed by atoms with Crippen molar-refractivity contribution < 1.29 is 9.21 Å². The molecule has 1 saturated heterocycles. The van der Waals surface area contributed by atoms with E-state index in [1.165, 1.54) is 0 Å². The number of carbonyl (C=O) groups excluding carboxylic acids is 1. The van der Waals surface area contributed by atoms with Gasteiger partial charge in [-0.05, 0) is 50.1 Å². The van der Waals surface area contributed by atoms with Crippen LogP contribution in [0.15, 0.2) is 53.1 Å². The molecule has 2 aromatic heterocycles. The summed E-state index contributed by atoms with van der Waals surface area (Å²) in [5, 5.41) is 11.2. The first-order valence-electron chi connectivity index (χ1n) is 9.35. The molecule has 1 amide bonds. The fourth-order valence-corrected chi connectivity index (χ4v) is 3.43. The number of amides is 1. The molecule has 0 aliphatic carbocycles. The Bertz CT molecular complexity index is 929. The summed E-state index contributed by atoms with van der Waals surface area (Å²) in [7, 11) is 0. The Morgan fingerprint density at radius 1 is 1.26 bits per heavy atom. The van der Waals surface area contributed by atoms with Crippen LogP contribution in [0, 0.1) is 12.8 Å². The van der Waals surface area contributed by atoms with Gasteiger partial charge in [0.2, 0.25) is 0 Å². The Kier molecular flexibility index (Phi) is 4.81. The monoisotopic (exact) mass is 364 g/mol. The number of furan rings is 1. The van der Waals surface area contributed by atoms with E-state index in [9.17, 15) is 4.79 Å².